The van der Waals surface area contributed by atoms with Gasteiger partial charge in [0.05, 0.1) is 11.7 Å². The Hall–Kier alpha value is -3.48. The minimum Gasteiger partial charge on any atom is -0.349 e. The Morgan fingerprint density at radius 2 is 1.97 bits per heavy atom. The Labute approximate surface area is 186 Å². The molecule has 2 aliphatic carbocycles. The van der Waals surface area contributed by atoms with Crippen LogP contribution in [-0.4, -0.2) is 36.9 Å². The van der Waals surface area contributed by atoms with Crippen LogP contribution in [0.2, 0.25) is 0 Å². The maximum atomic E-state index is 12.4. The van der Waals surface area contributed by atoms with Crippen molar-refractivity contribution in [1.82, 2.24) is 30.3 Å². The first-order chi connectivity index (χ1) is 15.6. The first kappa shape index (κ1) is 19.2. The number of aromatic nitrogens is 5. The van der Waals surface area contributed by atoms with Gasteiger partial charge in [-0.15, -0.1) is 0 Å². The lowest BCUT2D eigenvalue weighted by molar-refractivity contribution is 0.0949. The smallest absolute Gasteiger partial charge is 0.251 e. The zero-order valence-electron chi connectivity index (χ0n) is 18.3. The van der Waals surface area contributed by atoms with Crippen LogP contribution in [0, 0.1) is 5.92 Å². The van der Waals surface area contributed by atoms with E-state index in [1.54, 1.807) is 0 Å². The maximum absolute atomic E-state index is 12.4. The van der Waals surface area contributed by atoms with Crippen LogP contribution in [0.3, 0.4) is 0 Å². The van der Waals surface area contributed by atoms with E-state index in [0.29, 0.717) is 29.3 Å². The topological polar surface area (TPSA) is 88.5 Å². The molecule has 162 valence electrons. The van der Waals surface area contributed by atoms with Crippen LogP contribution in [0.4, 0.5) is 0 Å². The molecule has 32 heavy (non-hydrogen) atoms. The number of carbonyl (C=O) groups is 1. The van der Waals surface area contributed by atoms with Gasteiger partial charge in [-0.2, -0.15) is 10.2 Å². The van der Waals surface area contributed by atoms with Gasteiger partial charge in [0.1, 0.15) is 5.82 Å². The van der Waals surface area contributed by atoms with E-state index in [9.17, 15) is 4.79 Å². The molecule has 4 aromatic rings. The summed E-state index contributed by atoms with van der Waals surface area (Å²) >= 11 is 0. The largest absolute Gasteiger partial charge is 0.349 e. The number of hydrogen-bond acceptors (Lipinski definition) is 4. The molecule has 7 nitrogen and oxygen atoms in total. The SMILES string of the molecule is CC1CC1NC(=O)c1ccc(-c2nc(Cc3ccc4[nH]ncc4c3C3CC3)n(C)n2)cc1. The highest BCUT2D eigenvalue weighted by molar-refractivity contribution is 5.95. The van der Waals surface area contributed by atoms with Crippen LogP contribution < -0.4 is 5.32 Å². The zero-order chi connectivity index (χ0) is 21.8. The van der Waals surface area contributed by atoms with Gasteiger partial charge in [-0.25, -0.2) is 4.98 Å². The van der Waals surface area contributed by atoms with Crippen molar-refractivity contribution in [2.75, 3.05) is 0 Å². The molecule has 1 amide bonds. The van der Waals surface area contributed by atoms with Crippen molar-refractivity contribution >= 4 is 16.8 Å². The molecule has 2 aliphatic rings. The van der Waals surface area contributed by atoms with Crippen LogP contribution in [0.25, 0.3) is 22.3 Å². The Morgan fingerprint density at radius 1 is 1.19 bits per heavy atom. The van der Waals surface area contributed by atoms with E-state index in [4.69, 9.17) is 4.98 Å². The minimum absolute atomic E-state index is 0.0113. The third-order valence-electron chi connectivity index (χ3n) is 6.77. The summed E-state index contributed by atoms with van der Waals surface area (Å²) in [6.45, 7) is 2.15. The molecule has 0 spiro atoms. The lowest BCUT2D eigenvalue weighted by Crippen LogP contribution is -2.26. The van der Waals surface area contributed by atoms with Crippen molar-refractivity contribution in [3.8, 4) is 11.4 Å². The fraction of sp³-hybridized carbons (Fsp3) is 0.360. The number of fused-ring (bicyclic) bond motifs is 1. The van der Waals surface area contributed by atoms with Gasteiger partial charge in [-0.3, -0.25) is 14.6 Å². The fourth-order valence-electron chi connectivity index (χ4n) is 4.50. The fourth-order valence-corrected chi connectivity index (χ4v) is 4.50. The van der Waals surface area contributed by atoms with Crippen molar-refractivity contribution in [3.05, 3.63) is 65.1 Å². The summed E-state index contributed by atoms with van der Waals surface area (Å²) in [4.78, 5) is 17.2. The Morgan fingerprint density at radius 3 is 2.69 bits per heavy atom. The molecule has 0 saturated heterocycles. The number of aryl methyl sites for hydroxylation is 1. The monoisotopic (exact) mass is 426 g/mol. The molecular weight excluding hydrogens is 400 g/mol. The van der Waals surface area contributed by atoms with E-state index in [-0.39, 0.29) is 5.91 Å². The molecule has 2 saturated carbocycles. The normalized spacial score (nSPS) is 19.9. The number of rotatable bonds is 6. The van der Waals surface area contributed by atoms with E-state index in [1.807, 2.05) is 42.2 Å². The third kappa shape index (κ3) is 3.47. The molecular formula is C25H26N6O. The van der Waals surface area contributed by atoms with E-state index >= 15 is 0 Å². The lowest BCUT2D eigenvalue weighted by Gasteiger charge is -2.09. The van der Waals surface area contributed by atoms with E-state index in [2.05, 4.69) is 39.7 Å². The summed E-state index contributed by atoms with van der Waals surface area (Å²) in [6.07, 6.45) is 6.22. The summed E-state index contributed by atoms with van der Waals surface area (Å²) in [5, 5.41) is 16.3. The van der Waals surface area contributed by atoms with Gasteiger partial charge < -0.3 is 5.32 Å². The zero-order valence-corrected chi connectivity index (χ0v) is 18.3. The van der Waals surface area contributed by atoms with Crippen molar-refractivity contribution in [2.24, 2.45) is 13.0 Å². The summed E-state index contributed by atoms with van der Waals surface area (Å²) in [5.41, 5.74) is 5.38. The molecule has 7 heteroatoms. The highest BCUT2D eigenvalue weighted by atomic mass is 16.1. The van der Waals surface area contributed by atoms with Gasteiger partial charge in [0.2, 0.25) is 0 Å². The van der Waals surface area contributed by atoms with E-state index in [0.717, 1.165) is 29.7 Å². The second-order valence-corrected chi connectivity index (χ2v) is 9.27. The number of benzene rings is 2. The van der Waals surface area contributed by atoms with Crippen molar-refractivity contribution in [3.63, 3.8) is 0 Å². The maximum Gasteiger partial charge on any atom is 0.251 e. The Kier molecular flexibility index (Phi) is 4.38. The average molecular weight is 427 g/mol. The van der Waals surface area contributed by atoms with Gasteiger partial charge in [0.15, 0.2) is 5.82 Å². The number of nitrogens with one attached hydrogen (secondary N) is 2. The van der Waals surface area contributed by atoms with Crippen molar-refractivity contribution < 1.29 is 4.79 Å². The molecule has 0 aliphatic heterocycles. The van der Waals surface area contributed by atoms with Crippen LogP contribution in [-0.2, 0) is 13.5 Å². The number of nitrogens with zero attached hydrogens (tertiary/aromatic N) is 4. The molecule has 2 N–H and O–H groups in total. The first-order valence-corrected chi connectivity index (χ1v) is 11.3. The van der Waals surface area contributed by atoms with Gasteiger partial charge in [-0.05, 0) is 60.4 Å². The second kappa shape index (κ2) is 7.29. The number of aromatic amines is 1. The number of carbonyl (C=O) groups excluding carboxylic acids is 1. The third-order valence-corrected chi connectivity index (χ3v) is 6.77. The molecule has 2 heterocycles. The highest BCUT2D eigenvalue weighted by Gasteiger charge is 2.34. The predicted molar refractivity (Wildman–Crippen MR) is 122 cm³/mol. The second-order valence-electron chi connectivity index (χ2n) is 9.27. The highest BCUT2D eigenvalue weighted by Crippen LogP contribution is 2.45. The quantitative estimate of drug-likeness (QED) is 0.488. The molecule has 2 atom stereocenters. The van der Waals surface area contributed by atoms with Crippen LogP contribution in [0.15, 0.2) is 42.6 Å². The summed E-state index contributed by atoms with van der Waals surface area (Å²) < 4.78 is 1.86. The standard InChI is InChI=1S/C25H26N6O/c1-14-11-21(14)27-25(32)17-7-5-16(6-8-17)24-28-22(31(2)30-24)12-18-9-10-20-19(13-26-29-20)23(18)15-3-4-15/h5-10,13-15,21H,3-4,11-12H2,1-2H3,(H,26,29)(H,27,32). The van der Waals surface area contributed by atoms with Gasteiger partial charge in [0, 0.05) is 36.0 Å². The first-order valence-electron chi connectivity index (χ1n) is 11.3. The van der Waals surface area contributed by atoms with Gasteiger partial charge in [0.25, 0.3) is 5.91 Å². The van der Waals surface area contributed by atoms with Gasteiger partial charge >= 0.3 is 0 Å². The molecule has 0 radical (unpaired) electrons. The molecule has 2 aromatic carbocycles. The molecule has 2 aromatic heterocycles. The Bertz CT molecular complexity index is 1310. The van der Waals surface area contributed by atoms with Crippen LogP contribution in [0.1, 0.15) is 59.4 Å². The van der Waals surface area contributed by atoms with E-state index < -0.39 is 0 Å². The van der Waals surface area contributed by atoms with Crippen molar-refractivity contribution in [1.29, 1.82) is 0 Å². The number of amides is 1. The van der Waals surface area contributed by atoms with E-state index in [1.165, 1.54) is 29.4 Å². The lowest BCUT2D eigenvalue weighted by atomic mass is 9.97. The summed E-state index contributed by atoms with van der Waals surface area (Å²) in [6, 6.07) is 12.2. The summed E-state index contributed by atoms with van der Waals surface area (Å²) in [7, 11) is 1.94. The summed E-state index contributed by atoms with van der Waals surface area (Å²) in [5.74, 6) is 2.81. The molecule has 2 fully saturated rings. The van der Waals surface area contributed by atoms with Gasteiger partial charge in [-0.1, -0.05) is 25.1 Å². The average Bonchev–Trinajstić information content (AvgIpc) is 3.66. The van der Waals surface area contributed by atoms with Crippen LogP contribution in [0.5, 0.6) is 0 Å². The van der Waals surface area contributed by atoms with Crippen LogP contribution >= 0.6 is 0 Å². The molecule has 0 bridgehead atoms. The Balaban J connectivity index is 1.24. The molecule has 6 rings (SSSR count). The minimum atomic E-state index is -0.0113. The predicted octanol–water partition coefficient (Wildman–Crippen LogP) is 3.96. The molecule has 2 unspecified atom stereocenters. The number of hydrogen-bond donors (Lipinski definition) is 2. The van der Waals surface area contributed by atoms with Crippen molar-refractivity contribution in [2.45, 2.75) is 44.6 Å². The number of H-pyrrole nitrogens is 1.